The van der Waals surface area contributed by atoms with Crippen molar-refractivity contribution in [3.63, 3.8) is 0 Å². The molecule has 260 valence electrons. The van der Waals surface area contributed by atoms with Gasteiger partial charge in [0, 0.05) is 55.0 Å². The van der Waals surface area contributed by atoms with Crippen molar-refractivity contribution in [2.45, 2.75) is 87.9 Å². The van der Waals surface area contributed by atoms with Gasteiger partial charge in [-0.3, -0.25) is 4.79 Å². The highest BCUT2D eigenvalue weighted by Crippen LogP contribution is 2.49. The Labute approximate surface area is 291 Å². The number of benzene rings is 2. The third-order valence-corrected chi connectivity index (χ3v) is 13.0. The van der Waals surface area contributed by atoms with E-state index in [0.29, 0.717) is 38.1 Å². The summed E-state index contributed by atoms with van der Waals surface area (Å²) in [6.45, 7) is 5.75. The van der Waals surface area contributed by atoms with Gasteiger partial charge in [0.05, 0.1) is 23.1 Å². The topological polar surface area (TPSA) is 131 Å². The highest BCUT2D eigenvalue weighted by molar-refractivity contribution is 7.79. The van der Waals surface area contributed by atoms with Gasteiger partial charge in [-0.2, -0.15) is 0 Å². The first kappa shape index (κ1) is 34.9. The zero-order valence-electron chi connectivity index (χ0n) is 28.2. The predicted molar refractivity (Wildman–Crippen MR) is 190 cm³/mol. The molecule has 0 bridgehead atoms. The van der Waals surface area contributed by atoms with E-state index in [4.69, 9.17) is 22.1 Å². The number of amides is 1. The van der Waals surface area contributed by atoms with Gasteiger partial charge in [-0.15, -0.1) is 0 Å². The zero-order chi connectivity index (χ0) is 34.2. The maximum absolute atomic E-state index is 12.6. The first-order valence-corrected chi connectivity index (χ1v) is 18.8. The molecule has 2 aromatic carbocycles. The van der Waals surface area contributed by atoms with Crippen LogP contribution in [0.4, 0.5) is 5.69 Å². The molecule has 0 saturated heterocycles. The fraction of sp³-hybridized carbons (Fsp3) is 0.568. The van der Waals surface area contributed by atoms with Gasteiger partial charge in [0.15, 0.2) is 11.1 Å². The Kier molecular flexibility index (Phi) is 10.3. The normalized spacial score (nSPS) is 25.1. The number of primary amides is 1. The van der Waals surface area contributed by atoms with Crippen LogP contribution < -0.4 is 15.4 Å². The van der Waals surface area contributed by atoms with Crippen molar-refractivity contribution in [2.75, 3.05) is 24.6 Å². The second-order valence-corrected chi connectivity index (χ2v) is 16.4. The highest BCUT2D eigenvalue weighted by Gasteiger charge is 2.49. The minimum atomic E-state index is -1.87. The molecule has 0 radical (unpaired) electrons. The van der Waals surface area contributed by atoms with Crippen LogP contribution in [0.15, 0.2) is 48.8 Å². The van der Waals surface area contributed by atoms with Crippen LogP contribution in [0.1, 0.15) is 86.1 Å². The molecule has 1 saturated carbocycles. The number of halogens is 1. The van der Waals surface area contributed by atoms with Gasteiger partial charge in [0.1, 0.15) is 11.6 Å². The van der Waals surface area contributed by atoms with Gasteiger partial charge in [-0.1, -0.05) is 31.0 Å². The van der Waals surface area contributed by atoms with Crippen LogP contribution in [0.2, 0.25) is 5.02 Å². The van der Waals surface area contributed by atoms with Crippen molar-refractivity contribution in [3.05, 3.63) is 76.3 Å². The maximum atomic E-state index is 12.6. The lowest BCUT2D eigenvalue weighted by molar-refractivity contribution is -0.0895. The molecule has 9 nitrogen and oxygen atoms in total. The van der Waals surface area contributed by atoms with Gasteiger partial charge >= 0.3 is 0 Å². The van der Waals surface area contributed by atoms with Crippen molar-refractivity contribution in [1.82, 2.24) is 9.55 Å². The van der Waals surface area contributed by atoms with E-state index in [1.54, 1.807) is 19.2 Å². The molecule has 48 heavy (non-hydrogen) atoms. The van der Waals surface area contributed by atoms with Gasteiger partial charge in [0.25, 0.3) is 0 Å². The van der Waals surface area contributed by atoms with E-state index in [1.165, 1.54) is 11.1 Å². The Bertz CT molecular complexity index is 1670. The molecule has 3 aromatic rings. The molecule has 4 N–H and O–H groups in total. The number of nitrogens with zero attached hydrogens (tertiary/aromatic N) is 3. The number of hydrogen-bond acceptors (Lipinski definition) is 6. The molecule has 2 heterocycles. The highest BCUT2D eigenvalue weighted by atomic mass is 35.5. The van der Waals surface area contributed by atoms with E-state index in [9.17, 15) is 18.7 Å². The molecule has 1 unspecified atom stereocenters. The quantitative estimate of drug-likeness (QED) is 0.196. The van der Waals surface area contributed by atoms with Crippen molar-refractivity contribution in [1.29, 1.82) is 0 Å². The number of aromatic nitrogens is 2. The van der Waals surface area contributed by atoms with Crippen molar-refractivity contribution >= 4 is 34.3 Å². The Morgan fingerprint density at radius 2 is 2.06 bits per heavy atom. The summed E-state index contributed by atoms with van der Waals surface area (Å²) in [6.07, 6.45) is 11.1. The van der Waals surface area contributed by atoms with Crippen LogP contribution in [0.3, 0.4) is 0 Å². The fourth-order valence-corrected chi connectivity index (χ4v) is 9.18. The molecule has 2 aliphatic carbocycles. The number of rotatable bonds is 12. The van der Waals surface area contributed by atoms with E-state index in [1.807, 2.05) is 42.9 Å². The van der Waals surface area contributed by atoms with E-state index >= 15 is 0 Å². The zero-order valence-corrected chi connectivity index (χ0v) is 29.8. The molecular formula is C37H49ClN4O5S. The molecule has 1 aromatic heterocycles. The Morgan fingerprint density at radius 3 is 2.75 bits per heavy atom. The molecule has 1 spiro atoms. The fourth-order valence-electron chi connectivity index (χ4n) is 8.45. The number of fused-ring (bicyclic) bond motifs is 3. The summed E-state index contributed by atoms with van der Waals surface area (Å²) in [5.74, 6) is 1.40. The summed E-state index contributed by atoms with van der Waals surface area (Å²) in [4.78, 5) is 19.3. The van der Waals surface area contributed by atoms with Gasteiger partial charge in [-0.25, -0.2) is 9.19 Å². The van der Waals surface area contributed by atoms with E-state index in [0.717, 1.165) is 67.2 Å². The van der Waals surface area contributed by atoms with Gasteiger partial charge in [-0.05, 0) is 111 Å². The third kappa shape index (κ3) is 7.04. The number of nitrogens with two attached hydrogens (primary N) is 1. The standard InChI is InChI=1S/C37H49ClN4O5S/c1-24(25(2)48(45)46)6-4-15-37(44,20-34-40-16-17-41(34)3)31-11-8-28(31)21-42-22-36(14-5-7-26-18-29(38)10-12-30(26)36)23-47-33-13-9-27(35(39)43)19-32(33)42/h9-10,12-13,16-19,24-25,28,31,44H,4-8,11,14-15,20-23H2,1-3H3,(H2,39,43)(H,45,46)/t24-,25+,28-,31+,36-,37-/m0/s1. The third-order valence-electron chi connectivity index (χ3n) is 11.7. The number of hydrogen-bond donors (Lipinski definition) is 3. The summed E-state index contributed by atoms with van der Waals surface area (Å²) >= 11 is 4.57. The van der Waals surface area contributed by atoms with Crippen molar-refractivity contribution in [2.24, 2.45) is 30.5 Å². The van der Waals surface area contributed by atoms with E-state index in [2.05, 4.69) is 22.0 Å². The van der Waals surface area contributed by atoms with Crippen LogP contribution in [0.25, 0.3) is 0 Å². The Balaban J connectivity index is 1.30. The van der Waals surface area contributed by atoms with E-state index in [-0.39, 0.29) is 28.4 Å². The van der Waals surface area contributed by atoms with Crippen LogP contribution in [0.5, 0.6) is 5.75 Å². The molecule has 7 atom stereocenters. The number of aryl methyl sites for hydroxylation is 2. The lowest BCUT2D eigenvalue weighted by Gasteiger charge is -2.50. The average Bonchev–Trinajstić information content (AvgIpc) is 3.36. The monoisotopic (exact) mass is 696 g/mol. The first-order chi connectivity index (χ1) is 22.9. The average molecular weight is 697 g/mol. The largest absolute Gasteiger partial charge is 0.490 e. The van der Waals surface area contributed by atoms with Crippen LogP contribution in [-0.4, -0.2) is 59.9 Å². The summed E-state index contributed by atoms with van der Waals surface area (Å²) in [5.41, 5.74) is 8.35. The smallest absolute Gasteiger partial charge is 0.248 e. The number of ether oxygens (including phenoxy) is 1. The molecule has 3 aliphatic rings. The summed E-state index contributed by atoms with van der Waals surface area (Å²) < 4.78 is 29.9. The van der Waals surface area contributed by atoms with Crippen LogP contribution in [0, 0.1) is 17.8 Å². The first-order valence-electron chi connectivity index (χ1n) is 17.3. The van der Waals surface area contributed by atoms with Crippen LogP contribution in [-0.2, 0) is 36.4 Å². The summed E-state index contributed by atoms with van der Waals surface area (Å²) in [6, 6.07) is 11.7. The van der Waals surface area contributed by atoms with Crippen molar-refractivity contribution < 1.29 is 23.4 Å². The van der Waals surface area contributed by atoms with Gasteiger partial charge in [0.2, 0.25) is 5.91 Å². The second kappa shape index (κ2) is 14.1. The molecule has 1 amide bonds. The lowest BCUT2D eigenvalue weighted by atomic mass is 9.61. The maximum Gasteiger partial charge on any atom is 0.248 e. The molecule has 1 fully saturated rings. The molecular weight excluding hydrogens is 648 g/mol. The number of aliphatic hydroxyl groups is 1. The summed E-state index contributed by atoms with van der Waals surface area (Å²) in [5, 5.41) is 13.0. The number of carbonyl (C=O) groups is 1. The number of carbonyl (C=O) groups excluding carboxylic acids is 1. The SMILES string of the molecule is C[C@H]([C@@H](C)CCC[C@](O)(Cc1nccn1C)[C@@H]1CC[C@H]1CN1C[C@@]2(CCCc3cc(Cl)ccc32)COc2ccc(C(N)=O)cc21)S(=O)O. The molecule has 6 rings (SSSR count). The number of imidazole rings is 1. The van der Waals surface area contributed by atoms with Crippen LogP contribution >= 0.6 is 11.6 Å². The predicted octanol–water partition coefficient (Wildman–Crippen LogP) is 6.06. The molecule has 11 heteroatoms. The van der Waals surface area contributed by atoms with Gasteiger partial charge < -0.3 is 29.6 Å². The minimum absolute atomic E-state index is 0.0363. The number of anilines is 1. The molecule has 1 aliphatic heterocycles. The summed E-state index contributed by atoms with van der Waals surface area (Å²) in [7, 11) is 1.96. The minimum Gasteiger partial charge on any atom is -0.490 e. The van der Waals surface area contributed by atoms with Crippen molar-refractivity contribution in [3.8, 4) is 5.75 Å². The lowest BCUT2D eigenvalue weighted by Crippen LogP contribution is -2.54. The second-order valence-electron chi connectivity index (χ2n) is 14.7. The Morgan fingerprint density at radius 1 is 1.25 bits per heavy atom. The van der Waals surface area contributed by atoms with E-state index < -0.39 is 22.6 Å². The Hall–Kier alpha value is -2.92.